The van der Waals surface area contributed by atoms with Crippen LogP contribution in [0.5, 0.6) is 0 Å². The van der Waals surface area contributed by atoms with E-state index in [1.807, 2.05) is 22.9 Å². The Labute approximate surface area is 125 Å². The number of fused-ring (bicyclic) bond motifs is 1. The molecular formula is C14H15BrN4O. The van der Waals surface area contributed by atoms with Crippen molar-refractivity contribution < 1.29 is 4.79 Å². The largest absolute Gasteiger partial charge is 0.324 e. The molecule has 0 aliphatic carbocycles. The van der Waals surface area contributed by atoms with E-state index in [-0.39, 0.29) is 11.9 Å². The van der Waals surface area contributed by atoms with Crippen LogP contribution in [0, 0.1) is 0 Å². The zero-order chi connectivity index (χ0) is 14.3. The predicted octanol–water partition coefficient (Wildman–Crippen LogP) is 2.41. The Morgan fingerprint density at radius 3 is 3.00 bits per heavy atom. The smallest absolute Gasteiger partial charge is 0.246 e. The lowest BCUT2D eigenvalue weighted by atomic mass is 10.1. The number of nitrogens with one attached hydrogen (secondary N) is 2. The van der Waals surface area contributed by atoms with Gasteiger partial charge in [-0.15, -0.1) is 0 Å². The number of aryl methyl sites for hydroxylation is 1. The number of hydrogen-bond donors (Lipinski definition) is 2. The van der Waals surface area contributed by atoms with E-state index in [0.29, 0.717) is 0 Å². The van der Waals surface area contributed by atoms with Gasteiger partial charge in [-0.05, 0) is 35.1 Å². The number of imidazole rings is 1. The number of amides is 1. The third-order valence-corrected chi connectivity index (χ3v) is 4.17. The predicted molar refractivity (Wildman–Crippen MR) is 81.1 cm³/mol. The molecule has 1 atom stereocenters. The first kappa shape index (κ1) is 13.3. The lowest BCUT2D eigenvalue weighted by molar-refractivity contribution is -0.117. The van der Waals surface area contributed by atoms with Crippen LogP contribution in [0.2, 0.25) is 0 Å². The number of likely N-dealkylation sites (N-methyl/N-ethyl adjacent to an activating group) is 1. The zero-order valence-corrected chi connectivity index (χ0v) is 12.9. The number of benzene rings is 1. The van der Waals surface area contributed by atoms with Crippen molar-refractivity contribution in [3.8, 4) is 5.69 Å². The van der Waals surface area contributed by atoms with Gasteiger partial charge in [-0.25, -0.2) is 4.98 Å². The van der Waals surface area contributed by atoms with E-state index in [4.69, 9.17) is 0 Å². The van der Waals surface area contributed by atoms with Gasteiger partial charge in [-0.3, -0.25) is 4.79 Å². The highest BCUT2D eigenvalue weighted by molar-refractivity contribution is 9.10. The van der Waals surface area contributed by atoms with Crippen LogP contribution < -0.4 is 10.6 Å². The van der Waals surface area contributed by atoms with E-state index >= 15 is 0 Å². The first-order valence-corrected chi connectivity index (χ1v) is 7.29. The van der Waals surface area contributed by atoms with Crippen LogP contribution in [-0.4, -0.2) is 22.5 Å². The highest BCUT2D eigenvalue weighted by Crippen LogP contribution is 2.36. The van der Waals surface area contributed by atoms with Gasteiger partial charge in [-0.2, -0.15) is 0 Å². The van der Waals surface area contributed by atoms with E-state index in [0.717, 1.165) is 33.7 Å². The van der Waals surface area contributed by atoms with E-state index in [9.17, 15) is 4.79 Å². The summed E-state index contributed by atoms with van der Waals surface area (Å²) in [6.45, 7) is 2.07. The maximum absolute atomic E-state index is 11.9. The van der Waals surface area contributed by atoms with Crippen LogP contribution in [0.3, 0.4) is 0 Å². The maximum Gasteiger partial charge on any atom is 0.246 e. The second-order valence-electron chi connectivity index (χ2n) is 4.67. The van der Waals surface area contributed by atoms with Crippen molar-refractivity contribution in [3.63, 3.8) is 0 Å². The molecule has 0 fully saturated rings. The number of anilines is 1. The van der Waals surface area contributed by atoms with Gasteiger partial charge in [-0.1, -0.05) is 6.92 Å². The highest BCUT2D eigenvalue weighted by atomic mass is 79.9. The molecule has 2 N–H and O–H groups in total. The summed E-state index contributed by atoms with van der Waals surface area (Å²) in [6.07, 6.45) is 4.56. The summed E-state index contributed by atoms with van der Waals surface area (Å²) in [5, 5.41) is 5.93. The molecule has 1 aliphatic heterocycles. The summed E-state index contributed by atoms with van der Waals surface area (Å²) in [7, 11) is 1.78. The van der Waals surface area contributed by atoms with Gasteiger partial charge in [0.05, 0.1) is 5.69 Å². The summed E-state index contributed by atoms with van der Waals surface area (Å²) < 4.78 is 2.98. The van der Waals surface area contributed by atoms with Gasteiger partial charge >= 0.3 is 0 Å². The first-order valence-electron chi connectivity index (χ1n) is 6.50. The molecule has 2 heterocycles. The Hall–Kier alpha value is -1.66. The lowest BCUT2D eigenvalue weighted by Gasteiger charge is -2.12. The van der Waals surface area contributed by atoms with Crippen molar-refractivity contribution in [1.29, 1.82) is 0 Å². The van der Waals surface area contributed by atoms with Gasteiger partial charge in [0.25, 0.3) is 0 Å². The van der Waals surface area contributed by atoms with Gasteiger partial charge < -0.3 is 15.2 Å². The van der Waals surface area contributed by atoms with Crippen molar-refractivity contribution in [2.75, 3.05) is 12.4 Å². The number of rotatable bonds is 3. The minimum absolute atomic E-state index is 0.0205. The molecular weight excluding hydrogens is 320 g/mol. The molecule has 2 aromatic rings. The molecule has 1 aliphatic rings. The van der Waals surface area contributed by atoms with Crippen LogP contribution >= 0.6 is 15.9 Å². The summed E-state index contributed by atoms with van der Waals surface area (Å²) in [5.74, 6) is 0.966. The molecule has 1 aromatic heterocycles. The quantitative estimate of drug-likeness (QED) is 0.906. The molecule has 1 amide bonds. The number of nitrogens with zero attached hydrogens (tertiary/aromatic N) is 2. The molecule has 6 heteroatoms. The second-order valence-corrected chi connectivity index (χ2v) is 5.52. The summed E-state index contributed by atoms with van der Waals surface area (Å²) >= 11 is 3.60. The molecule has 1 unspecified atom stereocenters. The summed E-state index contributed by atoms with van der Waals surface area (Å²) in [5.41, 5.74) is 2.80. The molecule has 0 radical (unpaired) electrons. The fourth-order valence-corrected chi connectivity index (χ4v) is 3.11. The standard InChI is InChI=1S/C14H15BrN4O/c1-3-12-17-4-5-19(12)11-7-10-8(6-9(11)15)13(16-2)14(20)18-10/h4-7,13,16H,3H2,1-2H3,(H,18,20). The molecule has 5 nitrogen and oxygen atoms in total. The van der Waals surface area contributed by atoms with Crippen molar-refractivity contribution in [2.24, 2.45) is 0 Å². The van der Waals surface area contributed by atoms with Crippen LogP contribution in [0.4, 0.5) is 5.69 Å². The van der Waals surface area contributed by atoms with E-state index in [2.05, 4.69) is 38.5 Å². The van der Waals surface area contributed by atoms with Crippen molar-refractivity contribution in [3.05, 3.63) is 40.4 Å². The molecule has 1 aromatic carbocycles. The summed E-state index contributed by atoms with van der Waals surface area (Å²) in [6, 6.07) is 3.68. The highest BCUT2D eigenvalue weighted by Gasteiger charge is 2.30. The summed E-state index contributed by atoms with van der Waals surface area (Å²) in [4.78, 5) is 16.2. The van der Waals surface area contributed by atoms with E-state index in [1.165, 1.54) is 0 Å². The minimum Gasteiger partial charge on any atom is -0.324 e. The molecule has 0 saturated carbocycles. The Balaban J connectivity index is 2.13. The fraction of sp³-hybridized carbons (Fsp3) is 0.286. The average Bonchev–Trinajstić information content (AvgIpc) is 3.00. The Kier molecular flexibility index (Phi) is 3.35. The Morgan fingerprint density at radius 2 is 2.30 bits per heavy atom. The van der Waals surface area contributed by atoms with Crippen molar-refractivity contribution in [2.45, 2.75) is 19.4 Å². The van der Waals surface area contributed by atoms with Crippen molar-refractivity contribution >= 4 is 27.5 Å². The van der Waals surface area contributed by atoms with Crippen LogP contribution in [-0.2, 0) is 11.2 Å². The van der Waals surface area contributed by atoms with E-state index in [1.54, 1.807) is 13.2 Å². The normalized spacial score (nSPS) is 17.1. The van der Waals surface area contributed by atoms with Gasteiger partial charge in [0.15, 0.2) is 0 Å². The zero-order valence-electron chi connectivity index (χ0n) is 11.3. The van der Waals surface area contributed by atoms with Gasteiger partial charge in [0.2, 0.25) is 5.91 Å². The number of hydrogen-bond acceptors (Lipinski definition) is 3. The van der Waals surface area contributed by atoms with E-state index < -0.39 is 0 Å². The van der Waals surface area contributed by atoms with Crippen LogP contribution in [0.25, 0.3) is 5.69 Å². The molecule has 104 valence electrons. The Bertz CT molecular complexity index is 680. The molecule has 0 bridgehead atoms. The first-order chi connectivity index (χ1) is 9.65. The maximum atomic E-state index is 11.9. The number of halogens is 1. The molecule has 3 rings (SSSR count). The SMILES string of the molecule is CCc1nccn1-c1cc2c(cc1Br)C(NC)C(=O)N2. The second kappa shape index (κ2) is 5.03. The van der Waals surface area contributed by atoms with Crippen LogP contribution in [0.1, 0.15) is 24.4 Å². The number of carbonyl (C=O) groups excluding carboxylic acids is 1. The third kappa shape index (κ3) is 1.96. The minimum atomic E-state index is -0.288. The number of carbonyl (C=O) groups is 1. The van der Waals surface area contributed by atoms with Crippen molar-refractivity contribution in [1.82, 2.24) is 14.9 Å². The fourth-order valence-electron chi connectivity index (χ4n) is 2.56. The van der Waals surface area contributed by atoms with Gasteiger partial charge in [0.1, 0.15) is 11.9 Å². The third-order valence-electron chi connectivity index (χ3n) is 3.53. The van der Waals surface area contributed by atoms with Gasteiger partial charge in [0, 0.05) is 34.5 Å². The topological polar surface area (TPSA) is 59.0 Å². The number of aromatic nitrogens is 2. The lowest BCUT2D eigenvalue weighted by Crippen LogP contribution is -2.23. The molecule has 0 spiro atoms. The monoisotopic (exact) mass is 334 g/mol. The Morgan fingerprint density at radius 1 is 1.50 bits per heavy atom. The molecule has 0 saturated heterocycles. The van der Waals surface area contributed by atoms with Crippen LogP contribution in [0.15, 0.2) is 29.0 Å². The average molecular weight is 335 g/mol. The molecule has 20 heavy (non-hydrogen) atoms.